The van der Waals surface area contributed by atoms with Gasteiger partial charge in [-0.2, -0.15) is 4.31 Å². The molecule has 0 unspecified atom stereocenters. The topological polar surface area (TPSA) is 87.7 Å². The first-order chi connectivity index (χ1) is 10.6. The summed E-state index contributed by atoms with van der Waals surface area (Å²) >= 11 is 0. The lowest BCUT2D eigenvalue weighted by atomic mass is 10.2. The van der Waals surface area contributed by atoms with Crippen LogP contribution in [0.4, 0.5) is 0 Å². The monoisotopic (exact) mass is 327 g/mol. The van der Waals surface area contributed by atoms with Crippen LogP contribution in [0.25, 0.3) is 0 Å². The molecule has 2 rings (SSSR count). The van der Waals surface area contributed by atoms with Crippen LogP contribution in [0.15, 0.2) is 29.2 Å². The number of nitrogens with zero attached hydrogens (tertiary/aromatic N) is 1. The number of rotatable bonds is 6. The third-order valence-corrected chi connectivity index (χ3v) is 5.34. The van der Waals surface area contributed by atoms with Crippen molar-refractivity contribution in [3.63, 3.8) is 0 Å². The zero-order chi connectivity index (χ0) is 16.0. The first kappa shape index (κ1) is 16.9. The smallest absolute Gasteiger partial charge is 0.252 e. The number of hydrogen-bond donors (Lipinski definition) is 2. The van der Waals surface area contributed by atoms with Gasteiger partial charge in [-0.3, -0.25) is 4.79 Å². The van der Waals surface area contributed by atoms with E-state index in [9.17, 15) is 13.2 Å². The average molecular weight is 327 g/mol. The second-order valence-corrected chi connectivity index (χ2v) is 6.78. The lowest BCUT2D eigenvalue weighted by molar-refractivity contribution is 0.0730. The van der Waals surface area contributed by atoms with Crippen molar-refractivity contribution in [2.45, 2.75) is 4.90 Å². The fourth-order valence-electron chi connectivity index (χ4n) is 2.20. The maximum absolute atomic E-state index is 12.7. The summed E-state index contributed by atoms with van der Waals surface area (Å²) in [6.07, 6.45) is 0. The molecule has 0 bridgehead atoms. The van der Waals surface area contributed by atoms with Crippen LogP contribution in [-0.2, 0) is 14.8 Å². The van der Waals surface area contributed by atoms with E-state index in [4.69, 9.17) is 4.74 Å². The molecule has 1 heterocycles. The molecule has 8 heteroatoms. The molecule has 1 aromatic carbocycles. The summed E-state index contributed by atoms with van der Waals surface area (Å²) in [4.78, 5) is 12.3. The summed E-state index contributed by atoms with van der Waals surface area (Å²) in [5, 5.41) is 5.62. The molecule has 1 saturated heterocycles. The largest absolute Gasteiger partial charge is 0.379 e. The van der Waals surface area contributed by atoms with Crippen molar-refractivity contribution in [3.8, 4) is 0 Å². The van der Waals surface area contributed by atoms with Gasteiger partial charge in [0.1, 0.15) is 0 Å². The van der Waals surface area contributed by atoms with Crippen LogP contribution in [0.2, 0.25) is 0 Å². The van der Waals surface area contributed by atoms with E-state index in [0.29, 0.717) is 39.4 Å². The van der Waals surface area contributed by atoms with E-state index < -0.39 is 10.0 Å². The van der Waals surface area contributed by atoms with Gasteiger partial charge in [-0.1, -0.05) is 12.1 Å². The van der Waals surface area contributed by atoms with Crippen molar-refractivity contribution in [2.24, 2.45) is 0 Å². The van der Waals surface area contributed by atoms with Gasteiger partial charge in [-0.05, 0) is 19.2 Å². The van der Waals surface area contributed by atoms with Crippen molar-refractivity contribution in [3.05, 3.63) is 29.8 Å². The summed E-state index contributed by atoms with van der Waals surface area (Å²) in [5.74, 6) is -0.386. The normalized spacial score (nSPS) is 16.4. The number of carbonyl (C=O) groups excluding carboxylic acids is 1. The molecule has 0 aromatic heterocycles. The van der Waals surface area contributed by atoms with Crippen LogP contribution in [0.3, 0.4) is 0 Å². The minimum atomic E-state index is -3.69. The minimum absolute atomic E-state index is 0.0406. The van der Waals surface area contributed by atoms with Gasteiger partial charge in [0.15, 0.2) is 0 Å². The Hall–Kier alpha value is -1.48. The van der Waals surface area contributed by atoms with E-state index in [1.165, 1.54) is 16.4 Å². The van der Waals surface area contributed by atoms with E-state index in [1.54, 1.807) is 19.2 Å². The molecular weight excluding hydrogens is 306 g/mol. The quantitative estimate of drug-likeness (QED) is 0.698. The molecule has 122 valence electrons. The molecule has 1 aliphatic heterocycles. The van der Waals surface area contributed by atoms with Gasteiger partial charge in [0.2, 0.25) is 10.0 Å². The number of sulfonamides is 1. The predicted molar refractivity (Wildman–Crippen MR) is 82.3 cm³/mol. The fraction of sp³-hybridized carbons (Fsp3) is 0.500. The Balaban J connectivity index is 2.25. The molecular formula is C14H21N3O4S. The standard InChI is InChI=1S/C14H21N3O4S/c1-15-6-7-16-14(18)12-4-2-3-5-13(12)22(19,20)17-8-10-21-11-9-17/h2-5,15H,6-11H2,1H3,(H,16,18). The van der Waals surface area contributed by atoms with Crippen molar-refractivity contribution in [1.29, 1.82) is 0 Å². The summed E-state index contributed by atoms with van der Waals surface area (Å²) < 4.78 is 32.0. The van der Waals surface area contributed by atoms with Crippen LogP contribution in [-0.4, -0.2) is 65.1 Å². The van der Waals surface area contributed by atoms with Gasteiger partial charge < -0.3 is 15.4 Å². The van der Waals surface area contributed by atoms with Crippen LogP contribution >= 0.6 is 0 Å². The third-order valence-electron chi connectivity index (χ3n) is 3.38. The number of nitrogens with one attached hydrogen (secondary N) is 2. The van der Waals surface area contributed by atoms with Crippen LogP contribution in [0.5, 0.6) is 0 Å². The lowest BCUT2D eigenvalue weighted by Crippen LogP contribution is -2.41. The number of carbonyl (C=O) groups is 1. The molecule has 0 atom stereocenters. The Labute approximate surface area is 130 Å². The number of amides is 1. The molecule has 1 aliphatic rings. The van der Waals surface area contributed by atoms with E-state index in [-0.39, 0.29) is 16.4 Å². The Bertz CT molecular complexity index is 612. The van der Waals surface area contributed by atoms with Crippen molar-refractivity contribution in [2.75, 3.05) is 46.4 Å². The Morgan fingerprint density at radius 3 is 2.59 bits per heavy atom. The predicted octanol–water partition coefficient (Wildman–Crippen LogP) is -0.343. The van der Waals surface area contributed by atoms with Gasteiger partial charge in [-0.25, -0.2) is 8.42 Å². The number of ether oxygens (including phenoxy) is 1. The van der Waals surface area contributed by atoms with Gasteiger partial charge >= 0.3 is 0 Å². The molecule has 1 fully saturated rings. The molecule has 7 nitrogen and oxygen atoms in total. The zero-order valence-electron chi connectivity index (χ0n) is 12.5. The van der Waals surface area contributed by atoms with Crippen molar-refractivity contribution in [1.82, 2.24) is 14.9 Å². The number of morpholine rings is 1. The lowest BCUT2D eigenvalue weighted by Gasteiger charge is -2.26. The first-order valence-corrected chi connectivity index (χ1v) is 8.61. The van der Waals surface area contributed by atoms with Gasteiger partial charge in [0, 0.05) is 26.2 Å². The third kappa shape index (κ3) is 3.83. The minimum Gasteiger partial charge on any atom is -0.379 e. The summed E-state index contributed by atoms with van der Waals surface area (Å²) in [5.41, 5.74) is 0.171. The Morgan fingerprint density at radius 1 is 1.23 bits per heavy atom. The van der Waals surface area contributed by atoms with E-state index >= 15 is 0 Å². The summed E-state index contributed by atoms with van der Waals surface area (Å²) in [7, 11) is -1.91. The van der Waals surface area contributed by atoms with E-state index in [0.717, 1.165) is 0 Å². The molecule has 1 aromatic rings. The van der Waals surface area contributed by atoms with E-state index in [2.05, 4.69) is 10.6 Å². The van der Waals surface area contributed by atoms with Gasteiger partial charge in [-0.15, -0.1) is 0 Å². The highest BCUT2D eigenvalue weighted by atomic mass is 32.2. The molecule has 22 heavy (non-hydrogen) atoms. The van der Waals surface area contributed by atoms with Crippen LogP contribution < -0.4 is 10.6 Å². The van der Waals surface area contributed by atoms with Gasteiger partial charge in [0.05, 0.1) is 23.7 Å². The first-order valence-electron chi connectivity index (χ1n) is 7.17. The highest BCUT2D eigenvalue weighted by Crippen LogP contribution is 2.21. The van der Waals surface area contributed by atoms with Gasteiger partial charge in [0.25, 0.3) is 5.91 Å². The average Bonchev–Trinajstić information content (AvgIpc) is 2.56. The van der Waals surface area contributed by atoms with Crippen molar-refractivity contribution >= 4 is 15.9 Å². The molecule has 0 radical (unpaired) electrons. The van der Waals surface area contributed by atoms with Crippen LogP contribution in [0.1, 0.15) is 10.4 Å². The second kappa shape index (κ2) is 7.68. The SMILES string of the molecule is CNCCNC(=O)c1ccccc1S(=O)(=O)N1CCOCC1. The van der Waals surface area contributed by atoms with Crippen molar-refractivity contribution < 1.29 is 17.9 Å². The molecule has 0 aliphatic carbocycles. The zero-order valence-corrected chi connectivity index (χ0v) is 13.4. The number of hydrogen-bond acceptors (Lipinski definition) is 5. The molecule has 2 N–H and O–H groups in total. The number of likely N-dealkylation sites (N-methyl/N-ethyl adjacent to an activating group) is 1. The molecule has 1 amide bonds. The fourth-order valence-corrected chi connectivity index (χ4v) is 3.80. The Kier molecular flexibility index (Phi) is 5.90. The summed E-state index contributed by atoms with van der Waals surface area (Å²) in [6, 6.07) is 6.28. The van der Waals surface area contributed by atoms with E-state index in [1.807, 2.05) is 0 Å². The van der Waals surface area contributed by atoms with Crippen LogP contribution in [0, 0.1) is 0 Å². The highest BCUT2D eigenvalue weighted by molar-refractivity contribution is 7.89. The maximum atomic E-state index is 12.7. The maximum Gasteiger partial charge on any atom is 0.252 e. The highest BCUT2D eigenvalue weighted by Gasteiger charge is 2.29. The number of benzene rings is 1. The Morgan fingerprint density at radius 2 is 1.91 bits per heavy atom. The molecule has 0 spiro atoms. The second-order valence-electron chi connectivity index (χ2n) is 4.87. The summed E-state index contributed by atoms with van der Waals surface area (Å²) in [6.45, 7) is 2.40. The molecule has 0 saturated carbocycles.